The standard InChI is InChI=1S/C12H16N2O3/c1-2-9-3-4-12(11(5-9)14(15)16)17-8-10-6-13-7-10/h3-5,10,13H,2,6-8H2,1H3. The fourth-order valence-corrected chi connectivity index (χ4v) is 1.72. The van der Waals surface area contributed by atoms with Crippen molar-refractivity contribution in [2.45, 2.75) is 13.3 Å². The van der Waals surface area contributed by atoms with Crippen molar-refractivity contribution in [1.29, 1.82) is 0 Å². The Labute approximate surface area is 99.9 Å². The van der Waals surface area contributed by atoms with Gasteiger partial charge in [-0.1, -0.05) is 13.0 Å². The Hall–Kier alpha value is -1.62. The summed E-state index contributed by atoms with van der Waals surface area (Å²) in [6.45, 7) is 4.38. The van der Waals surface area contributed by atoms with Crippen LogP contribution in [0.5, 0.6) is 5.75 Å². The highest BCUT2D eigenvalue weighted by Crippen LogP contribution is 2.28. The molecule has 0 saturated carbocycles. The van der Waals surface area contributed by atoms with E-state index >= 15 is 0 Å². The summed E-state index contributed by atoms with van der Waals surface area (Å²) in [7, 11) is 0. The summed E-state index contributed by atoms with van der Waals surface area (Å²) in [6, 6.07) is 5.17. The molecule has 1 fully saturated rings. The summed E-state index contributed by atoms with van der Waals surface area (Å²) in [4.78, 5) is 10.5. The number of nitrogens with zero attached hydrogens (tertiary/aromatic N) is 1. The van der Waals surface area contributed by atoms with Crippen molar-refractivity contribution in [2.24, 2.45) is 5.92 Å². The molecule has 2 rings (SSSR count). The lowest BCUT2D eigenvalue weighted by molar-refractivity contribution is -0.386. The molecule has 5 heteroatoms. The molecule has 0 aromatic heterocycles. The monoisotopic (exact) mass is 236 g/mol. The van der Waals surface area contributed by atoms with Crippen LogP contribution in [0.1, 0.15) is 12.5 Å². The number of hydrogen-bond donors (Lipinski definition) is 1. The second-order valence-corrected chi connectivity index (χ2v) is 4.25. The zero-order valence-corrected chi connectivity index (χ0v) is 9.81. The van der Waals surface area contributed by atoms with Gasteiger partial charge in [0.2, 0.25) is 0 Å². The second kappa shape index (κ2) is 5.14. The molecule has 0 radical (unpaired) electrons. The molecule has 1 N–H and O–H groups in total. The minimum Gasteiger partial charge on any atom is -0.486 e. The fraction of sp³-hybridized carbons (Fsp3) is 0.500. The Kier molecular flexibility index (Phi) is 3.58. The number of aryl methyl sites for hydroxylation is 1. The van der Waals surface area contributed by atoms with Gasteiger partial charge in [-0.2, -0.15) is 0 Å². The SMILES string of the molecule is CCc1ccc(OCC2CNC2)c([N+](=O)[O-])c1. The first-order valence-corrected chi connectivity index (χ1v) is 5.81. The van der Waals surface area contributed by atoms with Crippen LogP contribution in [0, 0.1) is 16.0 Å². The average Bonchev–Trinajstić information content (AvgIpc) is 2.27. The van der Waals surface area contributed by atoms with Crippen LogP contribution in [-0.2, 0) is 6.42 Å². The highest BCUT2D eigenvalue weighted by Gasteiger charge is 2.20. The minimum absolute atomic E-state index is 0.0663. The highest BCUT2D eigenvalue weighted by molar-refractivity contribution is 5.48. The van der Waals surface area contributed by atoms with Gasteiger partial charge in [-0.3, -0.25) is 10.1 Å². The molecule has 1 aromatic carbocycles. The van der Waals surface area contributed by atoms with Gasteiger partial charge in [0.05, 0.1) is 11.5 Å². The van der Waals surface area contributed by atoms with Crippen LogP contribution >= 0.6 is 0 Å². The average molecular weight is 236 g/mol. The molecule has 92 valence electrons. The molecular formula is C12H16N2O3. The first-order chi connectivity index (χ1) is 8.20. The third-order valence-electron chi connectivity index (χ3n) is 2.97. The smallest absolute Gasteiger partial charge is 0.311 e. The van der Waals surface area contributed by atoms with E-state index in [0.717, 1.165) is 25.1 Å². The van der Waals surface area contributed by atoms with Gasteiger partial charge < -0.3 is 10.1 Å². The third-order valence-corrected chi connectivity index (χ3v) is 2.97. The Balaban J connectivity index is 2.10. The number of nitro groups is 1. The largest absolute Gasteiger partial charge is 0.486 e. The second-order valence-electron chi connectivity index (χ2n) is 4.25. The van der Waals surface area contributed by atoms with Gasteiger partial charge in [0, 0.05) is 25.1 Å². The first kappa shape index (κ1) is 11.9. The number of hydrogen-bond acceptors (Lipinski definition) is 4. The predicted octanol–water partition coefficient (Wildman–Crippen LogP) is 1.76. The normalized spacial score (nSPS) is 15.4. The zero-order chi connectivity index (χ0) is 12.3. The van der Waals surface area contributed by atoms with Crippen LogP contribution in [0.15, 0.2) is 18.2 Å². The Bertz CT molecular complexity index is 416. The topological polar surface area (TPSA) is 64.4 Å². The lowest BCUT2D eigenvalue weighted by atomic mass is 10.1. The molecule has 0 aliphatic carbocycles. The number of rotatable bonds is 5. The summed E-state index contributed by atoms with van der Waals surface area (Å²) in [5.41, 5.74) is 1.02. The van der Waals surface area contributed by atoms with E-state index in [1.165, 1.54) is 0 Å². The Morgan fingerprint density at radius 2 is 2.29 bits per heavy atom. The van der Waals surface area contributed by atoms with E-state index in [9.17, 15) is 10.1 Å². The van der Waals surface area contributed by atoms with E-state index in [0.29, 0.717) is 18.3 Å². The van der Waals surface area contributed by atoms with E-state index in [1.807, 2.05) is 13.0 Å². The van der Waals surface area contributed by atoms with Crippen LogP contribution in [0.4, 0.5) is 5.69 Å². The Morgan fingerprint density at radius 1 is 1.53 bits per heavy atom. The Morgan fingerprint density at radius 3 is 2.82 bits per heavy atom. The van der Waals surface area contributed by atoms with Gasteiger partial charge in [-0.25, -0.2) is 0 Å². The fourth-order valence-electron chi connectivity index (χ4n) is 1.72. The molecule has 0 atom stereocenters. The van der Waals surface area contributed by atoms with Gasteiger partial charge in [0.1, 0.15) is 0 Å². The molecule has 1 heterocycles. The molecule has 5 nitrogen and oxygen atoms in total. The number of ether oxygens (including phenoxy) is 1. The van der Waals surface area contributed by atoms with E-state index in [1.54, 1.807) is 12.1 Å². The lowest BCUT2D eigenvalue weighted by Crippen LogP contribution is -2.45. The summed E-state index contributed by atoms with van der Waals surface area (Å²) in [5.74, 6) is 0.847. The van der Waals surface area contributed by atoms with Crippen LogP contribution in [0.3, 0.4) is 0 Å². The summed E-state index contributed by atoms with van der Waals surface area (Å²) in [5, 5.41) is 14.1. The number of benzene rings is 1. The molecule has 1 aliphatic heterocycles. The van der Waals surface area contributed by atoms with Crippen molar-refractivity contribution in [2.75, 3.05) is 19.7 Å². The van der Waals surface area contributed by atoms with E-state index < -0.39 is 0 Å². The number of nitro benzene ring substituents is 1. The quantitative estimate of drug-likeness (QED) is 0.625. The van der Waals surface area contributed by atoms with E-state index in [2.05, 4.69) is 5.32 Å². The molecule has 1 aromatic rings. The molecule has 0 spiro atoms. The maximum atomic E-state index is 10.9. The molecule has 1 aliphatic rings. The predicted molar refractivity (Wildman–Crippen MR) is 64.3 cm³/mol. The van der Waals surface area contributed by atoms with Crippen LogP contribution in [0.25, 0.3) is 0 Å². The maximum absolute atomic E-state index is 10.9. The van der Waals surface area contributed by atoms with Crippen molar-refractivity contribution in [3.63, 3.8) is 0 Å². The van der Waals surface area contributed by atoms with E-state index in [4.69, 9.17) is 4.74 Å². The first-order valence-electron chi connectivity index (χ1n) is 5.81. The van der Waals surface area contributed by atoms with E-state index in [-0.39, 0.29) is 10.6 Å². The van der Waals surface area contributed by atoms with Crippen LogP contribution < -0.4 is 10.1 Å². The molecule has 1 saturated heterocycles. The van der Waals surface area contributed by atoms with Gasteiger partial charge >= 0.3 is 5.69 Å². The van der Waals surface area contributed by atoms with Crippen molar-refractivity contribution in [3.05, 3.63) is 33.9 Å². The van der Waals surface area contributed by atoms with Gasteiger partial charge in [-0.05, 0) is 18.1 Å². The molecule has 17 heavy (non-hydrogen) atoms. The van der Waals surface area contributed by atoms with Gasteiger partial charge in [-0.15, -0.1) is 0 Å². The molecule has 0 amide bonds. The van der Waals surface area contributed by atoms with Gasteiger partial charge in [0.15, 0.2) is 5.75 Å². The van der Waals surface area contributed by atoms with Crippen molar-refractivity contribution in [1.82, 2.24) is 5.32 Å². The molecule has 0 unspecified atom stereocenters. The summed E-state index contributed by atoms with van der Waals surface area (Å²) >= 11 is 0. The van der Waals surface area contributed by atoms with Gasteiger partial charge in [0.25, 0.3) is 0 Å². The maximum Gasteiger partial charge on any atom is 0.311 e. The van der Waals surface area contributed by atoms with Crippen LogP contribution in [-0.4, -0.2) is 24.6 Å². The number of nitrogens with one attached hydrogen (secondary N) is 1. The van der Waals surface area contributed by atoms with Crippen molar-refractivity contribution >= 4 is 5.69 Å². The summed E-state index contributed by atoms with van der Waals surface area (Å²) in [6.07, 6.45) is 0.785. The summed E-state index contributed by atoms with van der Waals surface area (Å²) < 4.78 is 5.52. The van der Waals surface area contributed by atoms with Crippen molar-refractivity contribution < 1.29 is 9.66 Å². The van der Waals surface area contributed by atoms with Crippen molar-refractivity contribution in [3.8, 4) is 5.75 Å². The lowest BCUT2D eigenvalue weighted by Gasteiger charge is -2.26. The minimum atomic E-state index is -0.381. The third kappa shape index (κ3) is 2.74. The molecule has 0 bridgehead atoms. The van der Waals surface area contributed by atoms with Crippen LogP contribution in [0.2, 0.25) is 0 Å². The highest BCUT2D eigenvalue weighted by atomic mass is 16.6. The zero-order valence-electron chi connectivity index (χ0n) is 9.81. The molecular weight excluding hydrogens is 220 g/mol.